The first kappa shape index (κ1) is 12.4. The molecule has 0 aliphatic rings. The Hall–Kier alpha value is -2.01. The van der Waals surface area contributed by atoms with Gasteiger partial charge in [-0.3, -0.25) is 0 Å². The second-order valence-corrected chi connectivity index (χ2v) is 4.16. The van der Waals surface area contributed by atoms with E-state index >= 15 is 0 Å². The maximum Gasteiger partial charge on any atom is 0.347 e. The maximum absolute atomic E-state index is 11.8. The molecule has 1 aromatic carbocycles. The van der Waals surface area contributed by atoms with Crippen LogP contribution in [0.1, 0.15) is 12.7 Å². The van der Waals surface area contributed by atoms with E-state index in [-0.39, 0.29) is 17.6 Å². The largest absolute Gasteiger partial charge is 0.507 e. The van der Waals surface area contributed by atoms with Gasteiger partial charge < -0.3 is 19.4 Å². The lowest BCUT2D eigenvalue weighted by atomic mass is 10.1. The van der Waals surface area contributed by atoms with Gasteiger partial charge in [0.25, 0.3) is 0 Å². The number of fused-ring (bicyclic) bond motifs is 1. The van der Waals surface area contributed by atoms with Crippen molar-refractivity contribution in [3.05, 3.63) is 34.4 Å². The molecular formula is C13H14O5. The molecular weight excluding hydrogens is 236 g/mol. The third-order valence-corrected chi connectivity index (χ3v) is 2.60. The summed E-state index contributed by atoms with van der Waals surface area (Å²) in [5, 5.41) is 19.7. The van der Waals surface area contributed by atoms with Crippen molar-refractivity contribution in [1.82, 2.24) is 0 Å². The number of ether oxygens (including phenoxy) is 1. The van der Waals surface area contributed by atoms with Crippen molar-refractivity contribution in [3.8, 4) is 11.5 Å². The summed E-state index contributed by atoms with van der Waals surface area (Å²) in [7, 11) is 1.47. The van der Waals surface area contributed by atoms with Crippen LogP contribution in [0.25, 0.3) is 10.8 Å². The number of aliphatic hydroxyl groups excluding tert-OH is 1. The van der Waals surface area contributed by atoms with Gasteiger partial charge in [0.1, 0.15) is 22.6 Å². The Balaban J connectivity index is 2.67. The van der Waals surface area contributed by atoms with Crippen molar-refractivity contribution < 1.29 is 19.4 Å². The molecule has 1 aromatic heterocycles. The van der Waals surface area contributed by atoms with E-state index < -0.39 is 11.7 Å². The van der Waals surface area contributed by atoms with Crippen molar-refractivity contribution in [2.24, 2.45) is 0 Å². The minimum Gasteiger partial charge on any atom is -0.507 e. The molecule has 0 spiro atoms. The SMILES string of the molecule is COc1cc(O)c2c(=O)oc(C[C@H](C)O)cc2c1. The molecule has 5 nitrogen and oxygen atoms in total. The molecule has 5 heteroatoms. The molecule has 2 rings (SSSR count). The lowest BCUT2D eigenvalue weighted by Gasteiger charge is -2.07. The van der Waals surface area contributed by atoms with Crippen LogP contribution >= 0.6 is 0 Å². The summed E-state index contributed by atoms with van der Waals surface area (Å²) in [4.78, 5) is 11.8. The van der Waals surface area contributed by atoms with Gasteiger partial charge in [0.2, 0.25) is 0 Å². The lowest BCUT2D eigenvalue weighted by molar-refractivity contribution is 0.186. The Bertz CT molecular complexity index is 627. The highest BCUT2D eigenvalue weighted by Gasteiger charge is 2.12. The van der Waals surface area contributed by atoms with Crippen LogP contribution in [0.3, 0.4) is 0 Å². The molecule has 0 saturated carbocycles. The fourth-order valence-electron chi connectivity index (χ4n) is 1.84. The van der Waals surface area contributed by atoms with Crippen molar-refractivity contribution in [2.75, 3.05) is 7.11 Å². The Kier molecular flexibility index (Phi) is 3.25. The normalized spacial score (nSPS) is 12.6. The predicted molar refractivity (Wildman–Crippen MR) is 66.1 cm³/mol. The van der Waals surface area contributed by atoms with Gasteiger partial charge in [0.15, 0.2) is 0 Å². The second kappa shape index (κ2) is 4.70. The molecule has 2 N–H and O–H groups in total. The van der Waals surface area contributed by atoms with Gasteiger partial charge in [-0.15, -0.1) is 0 Å². The van der Waals surface area contributed by atoms with E-state index in [2.05, 4.69) is 0 Å². The van der Waals surface area contributed by atoms with Gasteiger partial charge in [0.05, 0.1) is 13.2 Å². The zero-order valence-corrected chi connectivity index (χ0v) is 10.1. The maximum atomic E-state index is 11.8. The van der Waals surface area contributed by atoms with Gasteiger partial charge in [0, 0.05) is 12.5 Å². The number of hydrogen-bond donors (Lipinski definition) is 2. The molecule has 0 aliphatic carbocycles. The third-order valence-electron chi connectivity index (χ3n) is 2.60. The average molecular weight is 250 g/mol. The molecule has 1 atom stereocenters. The smallest absolute Gasteiger partial charge is 0.347 e. The van der Waals surface area contributed by atoms with Crippen LogP contribution in [0.5, 0.6) is 11.5 Å². The van der Waals surface area contributed by atoms with Gasteiger partial charge in [-0.1, -0.05) is 0 Å². The summed E-state index contributed by atoms with van der Waals surface area (Å²) in [6.07, 6.45) is -0.367. The molecule has 2 aromatic rings. The minimum absolute atomic E-state index is 0.116. The molecule has 0 unspecified atom stereocenters. The van der Waals surface area contributed by atoms with Gasteiger partial charge >= 0.3 is 5.63 Å². The monoisotopic (exact) mass is 250 g/mol. The first-order chi connectivity index (χ1) is 8.51. The molecule has 0 amide bonds. The molecule has 0 saturated heterocycles. The fourth-order valence-corrected chi connectivity index (χ4v) is 1.84. The van der Waals surface area contributed by atoms with Gasteiger partial charge in [-0.05, 0) is 24.4 Å². The van der Waals surface area contributed by atoms with E-state index in [9.17, 15) is 15.0 Å². The Labute approximate surface area is 103 Å². The molecule has 0 bridgehead atoms. The minimum atomic E-state index is -0.622. The number of aromatic hydroxyl groups is 1. The number of phenols is 1. The second-order valence-electron chi connectivity index (χ2n) is 4.16. The van der Waals surface area contributed by atoms with E-state index in [0.29, 0.717) is 16.9 Å². The molecule has 0 radical (unpaired) electrons. The van der Waals surface area contributed by atoms with E-state index in [1.54, 1.807) is 19.1 Å². The van der Waals surface area contributed by atoms with Crippen LogP contribution in [-0.4, -0.2) is 23.4 Å². The van der Waals surface area contributed by atoms with Crippen LogP contribution in [0.4, 0.5) is 0 Å². The first-order valence-electron chi connectivity index (χ1n) is 5.53. The van der Waals surface area contributed by atoms with Crippen molar-refractivity contribution in [1.29, 1.82) is 0 Å². The Morgan fingerprint density at radius 1 is 1.39 bits per heavy atom. The van der Waals surface area contributed by atoms with E-state index in [1.165, 1.54) is 13.2 Å². The third kappa shape index (κ3) is 2.31. The highest BCUT2D eigenvalue weighted by molar-refractivity contribution is 5.88. The van der Waals surface area contributed by atoms with Crippen LogP contribution in [0.15, 0.2) is 27.4 Å². The molecule has 1 heterocycles. The topological polar surface area (TPSA) is 79.9 Å². The van der Waals surface area contributed by atoms with Crippen molar-refractivity contribution in [2.45, 2.75) is 19.4 Å². The Morgan fingerprint density at radius 2 is 2.11 bits per heavy atom. The van der Waals surface area contributed by atoms with E-state index in [0.717, 1.165) is 0 Å². The van der Waals surface area contributed by atoms with E-state index in [4.69, 9.17) is 9.15 Å². The highest BCUT2D eigenvalue weighted by atomic mass is 16.5. The number of phenolic OH excluding ortho intramolecular Hbond substituents is 1. The molecule has 18 heavy (non-hydrogen) atoms. The van der Waals surface area contributed by atoms with Gasteiger partial charge in [-0.25, -0.2) is 4.79 Å². The quantitative estimate of drug-likeness (QED) is 0.861. The summed E-state index contributed by atoms with van der Waals surface area (Å²) in [5.41, 5.74) is -0.622. The zero-order chi connectivity index (χ0) is 13.3. The predicted octanol–water partition coefficient (Wildman–Crippen LogP) is 1.43. The standard InChI is InChI=1S/C13H14O5/c1-7(14)3-10-5-8-4-9(17-2)6-11(15)12(8)13(16)18-10/h4-7,14-15H,3H2,1-2H3/t7-/m0/s1. The van der Waals surface area contributed by atoms with Crippen molar-refractivity contribution in [3.63, 3.8) is 0 Å². The highest BCUT2D eigenvalue weighted by Crippen LogP contribution is 2.28. The zero-order valence-electron chi connectivity index (χ0n) is 10.1. The average Bonchev–Trinajstić information content (AvgIpc) is 2.26. The van der Waals surface area contributed by atoms with Crippen molar-refractivity contribution >= 4 is 10.8 Å². The summed E-state index contributed by atoms with van der Waals surface area (Å²) < 4.78 is 10.1. The fraction of sp³-hybridized carbons (Fsp3) is 0.308. The lowest BCUT2D eigenvalue weighted by Crippen LogP contribution is -2.08. The number of methoxy groups -OCH3 is 1. The number of rotatable bonds is 3. The molecule has 96 valence electrons. The Morgan fingerprint density at radius 3 is 2.72 bits per heavy atom. The van der Waals surface area contributed by atoms with Crippen LogP contribution in [0, 0.1) is 0 Å². The number of hydrogen-bond acceptors (Lipinski definition) is 5. The summed E-state index contributed by atoms with van der Waals surface area (Å²) >= 11 is 0. The van der Waals surface area contributed by atoms with E-state index in [1.807, 2.05) is 0 Å². The van der Waals surface area contributed by atoms with Crippen LogP contribution < -0.4 is 10.4 Å². The molecule has 0 aliphatic heterocycles. The summed E-state index contributed by atoms with van der Waals surface area (Å²) in [5.74, 6) is 0.644. The van der Waals surface area contributed by atoms with Crippen LogP contribution in [0.2, 0.25) is 0 Å². The van der Waals surface area contributed by atoms with Gasteiger partial charge in [-0.2, -0.15) is 0 Å². The number of aliphatic hydroxyl groups is 1. The summed E-state index contributed by atoms with van der Waals surface area (Å²) in [6.45, 7) is 1.60. The first-order valence-corrected chi connectivity index (χ1v) is 5.53. The van der Waals surface area contributed by atoms with Crippen LogP contribution in [-0.2, 0) is 6.42 Å². The summed E-state index contributed by atoms with van der Waals surface area (Å²) in [6, 6.07) is 4.61. The molecule has 0 fully saturated rings. The number of benzene rings is 1.